The predicted molar refractivity (Wildman–Crippen MR) is 106 cm³/mol. The van der Waals surface area contributed by atoms with E-state index in [1.807, 2.05) is 0 Å². The first-order chi connectivity index (χ1) is 13.0. The minimum absolute atomic E-state index is 0.0412. The number of nitrogens with zero attached hydrogens (tertiary/aromatic N) is 1. The number of esters is 1. The van der Waals surface area contributed by atoms with Crippen LogP contribution in [-0.4, -0.2) is 30.1 Å². The van der Waals surface area contributed by atoms with E-state index in [9.17, 15) is 4.79 Å². The Morgan fingerprint density at radius 2 is 2.07 bits per heavy atom. The molecule has 2 aliphatic carbocycles. The summed E-state index contributed by atoms with van der Waals surface area (Å²) in [6.45, 7) is 9.67. The topological polar surface area (TPSA) is 29.5 Å². The van der Waals surface area contributed by atoms with Gasteiger partial charge >= 0.3 is 5.97 Å². The molecule has 0 N–H and O–H groups in total. The molecule has 5 unspecified atom stereocenters. The summed E-state index contributed by atoms with van der Waals surface area (Å²) >= 11 is 0. The van der Waals surface area contributed by atoms with Crippen molar-refractivity contribution in [2.45, 2.75) is 58.1 Å². The van der Waals surface area contributed by atoms with Crippen molar-refractivity contribution in [1.82, 2.24) is 4.90 Å². The molecule has 1 aromatic carbocycles. The molecule has 5 atom stereocenters. The standard InChI is InChI=1S/C24H31NO2/c1-16-6-5-10-24(2)13-22-19(12-21(16)24)20(23(26)27-22)15-25-11-9-17-7-3-4-8-18(17)14-25/h3-4,7-8,19-22H,1,5-6,9-15H2,2H3. The summed E-state index contributed by atoms with van der Waals surface area (Å²) in [5, 5.41) is 0. The van der Waals surface area contributed by atoms with Crippen molar-refractivity contribution in [1.29, 1.82) is 0 Å². The highest BCUT2D eigenvalue weighted by Gasteiger charge is 2.55. The maximum absolute atomic E-state index is 12.8. The molecular weight excluding hydrogens is 334 g/mol. The van der Waals surface area contributed by atoms with E-state index in [-0.39, 0.29) is 23.4 Å². The first-order valence-electron chi connectivity index (χ1n) is 10.7. The van der Waals surface area contributed by atoms with Gasteiger partial charge in [-0.25, -0.2) is 0 Å². The van der Waals surface area contributed by atoms with Crippen LogP contribution in [0.25, 0.3) is 0 Å². The molecule has 0 spiro atoms. The number of carbonyl (C=O) groups excluding carboxylic acids is 1. The minimum Gasteiger partial charge on any atom is -0.462 e. The number of rotatable bonds is 2. The minimum atomic E-state index is 0.0412. The van der Waals surface area contributed by atoms with Crippen molar-refractivity contribution in [2.75, 3.05) is 13.1 Å². The molecule has 27 heavy (non-hydrogen) atoms. The SMILES string of the molecule is C=C1CCCC2(C)CC3OC(=O)C(CN4CCc5ccccc5C4)C3CC12. The molecule has 3 fully saturated rings. The molecule has 0 amide bonds. The summed E-state index contributed by atoms with van der Waals surface area (Å²) in [5.74, 6) is 1.05. The molecule has 2 saturated carbocycles. The zero-order valence-electron chi connectivity index (χ0n) is 16.5. The third-order valence-corrected chi connectivity index (χ3v) is 7.98. The quantitative estimate of drug-likeness (QED) is 0.576. The molecule has 5 rings (SSSR count). The van der Waals surface area contributed by atoms with E-state index in [1.54, 1.807) is 0 Å². The molecule has 2 heterocycles. The average molecular weight is 366 g/mol. The van der Waals surface area contributed by atoms with Crippen LogP contribution >= 0.6 is 0 Å². The summed E-state index contributed by atoms with van der Waals surface area (Å²) in [6.07, 6.45) is 7.02. The number of hydrogen-bond donors (Lipinski definition) is 0. The summed E-state index contributed by atoms with van der Waals surface area (Å²) in [5.41, 5.74) is 4.60. The fourth-order valence-electron chi connectivity index (χ4n) is 6.45. The predicted octanol–water partition coefficient (Wildman–Crippen LogP) is 4.36. The van der Waals surface area contributed by atoms with E-state index in [0.29, 0.717) is 11.8 Å². The van der Waals surface area contributed by atoms with Gasteiger partial charge in [-0.3, -0.25) is 9.69 Å². The molecule has 0 radical (unpaired) electrons. The molecule has 4 aliphatic rings. The van der Waals surface area contributed by atoms with Gasteiger partial charge in [-0.15, -0.1) is 0 Å². The Balaban J connectivity index is 1.32. The van der Waals surface area contributed by atoms with Gasteiger partial charge in [0, 0.05) is 25.6 Å². The molecular formula is C24H31NO2. The maximum atomic E-state index is 12.8. The van der Waals surface area contributed by atoms with Crippen molar-refractivity contribution in [3.8, 4) is 0 Å². The van der Waals surface area contributed by atoms with E-state index < -0.39 is 0 Å². The number of carbonyl (C=O) groups is 1. The van der Waals surface area contributed by atoms with Crippen LogP contribution in [0.5, 0.6) is 0 Å². The number of benzene rings is 1. The van der Waals surface area contributed by atoms with Crippen LogP contribution in [0.3, 0.4) is 0 Å². The van der Waals surface area contributed by atoms with Gasteiger partial charge in [-0.2, -0.15) is 0 Å². The zero-order valence-corrected chi connectivity index (χ0v) is 16.5. The van der Waals surface area contributed by atoms with Crippen LogP contribution in [0.4, 0.5) is 0 Å². The second kappa shape index (κ2) is 6.48. The molecule has 144 valence electrons. The number of hydrogen-bond acceptors (Lipinski definition) is 3. The van der Waals surface area contributed by atoms with Crippen LogP contribution in [0.1, 0.15) is 50.2 Å². The molecule has 3 heteroatoms. The van der Waals surface area contributed by atoms with Crippen molar-refractivity contribution < 1.29 is 9.53 Å². The van der Waals surface area contributed by atoms with E-state index in [0.717, 1.165) is 38.9 Å². The van der Waals surface area contributed by atoms with Gasteiger partial charge in [-0.05, 0) is 61.0 Å². The highest BCUT2D eigenvalue weighted by molar-refractivity contribution is 5.75. The number of allylic oxidation sites excluding steroid dienone is 1. The van der Waals surface area contributed by atoms with Crippen LogP contribution in [0.15, 0.2) is 36.4 Å². The van der Waals surface area contributed by atoms with Gasteiger partial charge in [0.25, 0.3) is 0 Å². The van der Waals surface area contributed by atoms with Crippen LogP contribution in [0, 0.1) is 23.2 Å². The van der Waals surface area contributed by atoms with Crippen LogP contribution in [0.2, 0.25) is 0 Å². The smallest absolute Gasteiger partial charge is 0.310 e. The lowest BCUT2D eigenvalue weighted by Gasteiger charge is -2.50. The average Bonchev–Trinajstić information content (AvgIpc) is 2.94. The van der Waals surface area contributed by atoms with Crippen molar-refractivity contribution >= 4 is 5.97 Å². The van der Waals surface area contributed by atoms with Gasteiger partial charge in [-0.1, -0.05) is 43.3 Å². The maximum Gasteiger partial charge on any atom is 0.310 e. The fraction of sp³-hybridized carbons (Fsp3) is 0.625. The molecule has 1 saturated heterocycles. The van der Waals surface area contributed by atoms with Gasteiger partial charge in [0.05, 0.1) is 5.92 Å². The zero-order chi connectivity index (χ0) is 18.6. The van der Waals surface area contributed by atoms with Crippen molar-refractivity contribution in [2.24, 2.45) is 23.2 Å². The summed E-state index contributed by atoms with van der Waals surface area (Å²) < 4.78 is 5.94. The lowest BCUT2D eigenvalue weighted by molar-refractivity contribution is -0.146. The van der Waals surface area contributed by atoms with E-state index in [1.165, 1.54) is 36.0 Å². The molecule has 1 aromatic rings. The lowest BCUT2D eigenvalue weighted by atomic mass is 9.55. The fourth-order valence-corrected chi connectivity index (χ4v) is 6.45. The normalized spacial score (nSPS) is 38.7. The Kier molecular flexibility index (Phi) is 4.19. The highest BCUT2D eigenvalue weighted by Crippen LogP contribution is 2.57. The second-order valence-electron chi connectivity index (χ2n) is 9.66. The van der Waals surface area contributed by atoms with Gasteiger partial charge in [0.2, 0.25) is 0 Å². The first kappa shape index (κ1) is 17.5. The third kappa shape index (κ3) is 2.95. The van der Waals surface area contributed by atoms with Crippen LogP contribution < -0.4 is 0 Å². The third-order valence-electron chi connectivity index (χ3n) is 7.98. The Bertz CT molecular complexity index is 771. The Morgan fingerprint density at radius 1 is 1.26 bits per heavy atom. The second-order valence-corrected chi connectivity index (χ2v) is 9.66. The van der Waals surface area contributed by atoms with E-state index in [2.05, 4.69) is 42.7 Å². The van der Waals surface area contributed by atoms with Gasteiger partial charge < -0.3 is 4.74 Å². The summed E-state index contributed by atoms with van der Waals surface area (Å²) in [6, 6.07) is 8.72. The largest absolute Gasteiger partial charge is 0.462 e. The van der Waals surface area contributed by atoms with Crippen LogP contribution in [-0.2, 0) is 22.5 Å². The monoisotopic (exact) mass is 365 g/mol. The lowest BCUT2D eigenvalue weighted by Crippen LogP contribution is -2.46. The Hall–Kier alpha value is -1.61. The Morgan fingerprint density at radius 3 is 2.93 bits per heavy atom. The van der Waals surface area contributed by atoms with Gasteiger partial charge in [0.1, 0.15) is 6.10 Å². The highest BCUT2D eigenvalue weighted by atomic mass is 16.6. The molecule has 0 bridgehead atoms. The first-order valence-corrected chi connectivity index (χ1v) is 10.7. The van der Waals surface area contributed by atoms with E-state index in [4.69, 9.17) is 4.74 Å². The molecule has 0 aromatic heterocycles. The van der Waals surface area contributed by atoms with Gasteiger partial charge in [0.15, 0.2) is 0 Å². The van der Waals surface area contributed by atoms with Crippen molar-refractivity contribution in [3.05, 3.63) is 47.5 Å². The summed E-state index contributed by atoms with van der Waals surface area (Å²) in [4.78, 5) is 15.3. The number of fused-ring (bicyclic) bond motifs is 3. The summed E-state index contributed by atoms with van der Waals surface area (Å²) in [7, 11) is 0. The molecule has 2 aliphatic heterocycles. The molecule has 3 nitrogen and oxygen atoms in total. The Labute approximate surface area is 162 Å². The van der Waals surface area contributed by atoms with Crippen molar-refractivity contribution in [3.63, 3.8) is 0 Å². The van der Waals surface area contributed by atoms with E-state index >= 15 is 0 Å². The number of ether oxygens (including phenoxy) is 1.